The topological polar surface area (TPSA) is 67.7 Å². The van der Waals surface area contributed by atoms with Crippen LogP contribution in [0.5, 0.6) is 5.75 Å². The van der Waals surface area contributed by atoms with Crippen LogP contribution in [0.1, 0.15) is 17.8 Å². The third kappa shape index (κ3) is 4.69. The Morgan fingerprint density at radius 1 is 1.07 bits per heavy atom. The SMILES string of the molecule is COc1cccc(S(=O)(=O)N2CCCN(CCn3nc(C)cc3C)CC2)c1. The van der Waals surface area contributed by atoms with Gasteiger partial charge in [-0.25, -0.2) is 8.42 Å². The van der Waals surface area contributed by atoms with Gasteiger partial charge in [-0.3, -0.25) is 4.68 Å². The number of nitrogens with zero attached hydrogens (tertiary/aromatic N) is 4. The van der Waals surface area contributed by atoms with Crippen LogP contribution in [0.2, 0.25) is 0 Å². The second-order valence-electron chi connectivity index (χ2n) is 6.93. The Morgan fingerprint density at radius 3 is 2.59 bits per heavy atom. The summed E-state index contributed by atoms with van der Waals surface area (Å²) < 4.78 is 34.7. The maximum absolute atomic E-state index is 13.0. The molecule has 7 nitrogen and oxygen atoms in total. The van der Waals surface area contributed by atoms with Crippen molar-refractivity contribution < 1.29 is 13.2 Å². The molecule has 1 saturated heterocycles. The smallest absolute Gasteiger partial charge is 0.243 e. The van der Waals surface area contributed by atoms with Crippen molar-refractivity contribution in [1.82, 2.24) is 19.0 Å². The molecule has 2 heterocycles. The van der Waals surface area contributed by atoms with Crippen molar-refractivity contribution in [2.75, 3.05) is 39.8 Å². The number of rotatable bonds is 6. The lowest BCUT2D eigenvalue weighted by Gasteiger charge is -2.22. The first-order valence-electron chi connectivity index (χ1n) is 9.28. The van der Waals surface area contributed by atoms with Crippen LogP contribution in [0.4, 0.5) is 0 Å². The molecule has 1 aromatic carbocycles. The van der Waals surface area contributed by atoms with E-state index < -0.39 is 10.0 Å². The van der Waals surface area contributed by atoms with Crippen LogP contribution >= 0.6 is 0 Å². The van der Waals surface area contributed by atoms with E-state index in [-0.39, 0.29) is 4.90 Å². The summed E-state index contributed by atoms with van der Waals surface area (Å²) in [4.78, 5) is 2.61. The van der Waals surface area contributed by atoms with Crippen LogP contribution in [-0.2, 0) is 16.6 Å². The fraction of sp³-hybridized carbons (Fsp3) is 0.526. The summed E-state index contributed by atoms with van der Waals surface area (Å²) in [6, 6.07) is 8.75. The molecule has 0 amide bonds. The third-order valence-corrected chi connectivity index (χ3v) is 6.85. The highest BCUT2D eigenvalue weighted by atomic mass is 32.2. The molecule has 0 N–H and O–H groups in total. The van der Waals surface area contributed by atoms with Gasteiger partial charge in [0.2, 0.25) is 10.0 Å². The highest BCUT2D eigenvalue weighted by molar-refractivity contribution is 7.89. The minimum absolute atomic E-state index is 0.290. The number of ether oxygens (including phenoxy) is 1. The van der Waals surface area contributed by atoms with Crippen LogP contribution in [-0.4, -0.2) is 67.2 Å². The van der Waals surface area contributed by atoms with Gasteiger partial charge in [0.25, 0.3) is 0 Å². The fourth-order valence-corrected chi connectivity index (χ4v) is 4.96. The van der Waals surface area contributed by atoms with E-state index in [4.69, 9.17) is 4.74 Å². The molecule has 1 fully saturated rings. The average molecular weight is 393 g/mol. The Morgan fingerprint density at radius 2 is 1.89 bits per heavy atom. The Labute approximate surface area is 161 Å². The zero-order valence-electron chi connectivity index (χ0n) is 16.3. The van der Waals surface area contributed by atoms with Crippen LogP contribution in [0.25, 0.3) is 0 Å². The van der Waals surface area contributed by atoms with Gasteiger partial charge in [-0.1, -0.05) is 6.07 Å². The highest BCUT2D eigenvalue weighted by Gasteiger charge is 2.27. The molecule has 8 heteroatoms. The van der Waals surface area contributed by atoms with E-state index in [2.05, 4.69) is 23.0 Å². The summed E-state index contributed by atoms with van der Waals surface area (Å²) in [6.45, 7) is 8.40. The van der Waals surface area contributed by atoms with Gasteiger partial charge in [-0.2, -0.15) is 9.40 Å². The number of hydrogen-bond donors (Lipinski definition) is 0. The lowest BCUT2D eigenvalue weighted by atomic mass is 10.3. The number of sulfonamides is 1. The lowest BCUT2D eigenvalue weighted by Crippen LogP contribution is -2.36. The van der Waals surface area contributed by atoms with Crippen molar-refractivity contribution >= 4 is 10.0 Å². The van der Waals surface area contributed by atoms with Crippen LogP contribution in [0.15, 0.2) is 35.2 Å². The molecular weight excluding hydrogens is 364 g/mol. The van der Waals surface area contributed by atoms with Crippen molar-refractivity contribution in [3.63, 3.8) is 0 Å². The summed E-state index contributed by atoms with van der Waals surface area (Å²) in [5, 5.41) is 4.50. The fourth-order valence-electron chi connectivity index (χ4n) is 3.46. The summed E-state index contributed by atoms with van der Waals surface area (Å²) in [5.41, 5.74) is 2.18. The van der Waals surface area contributed by atoms with Gasteiger partial charge < -0.3 is 9.64 Å². The summed E-state index contributed by atoms with van der Waals surface area (Å²) >= 11 is 0. The quantitative estimate of drug-likeness (QED) is 0.751. The van der Waals surface area contributed by atoms with Gasteiger partial charge in [0.1, 0.15) is 5.75 Å². The van der Waals surface area contributed by atoms with E-state index in [0.29, 0.717) is 18.8 Å². The first-order valence-corrected chi connectivity index (χ1v) is 10.7. The normalized spacial score (nSPS) is 17.0. The molecular formula is C19H28N4O3S. The van der Waals surface area contributed by atoms with Crippen molar-refractivity contribution in [2.24, 2.45) is 0 Å². The molecule has 0 aliphatic carbocycles. The number of hydrogen-bond acceptors (Lipinski definition) is 5. The molecule has 2 aromatic rings. The molecule has 3 rings (SSSR count). The molecule has 0 radical (unpaired) electrons. The second-order valence-corrected chi connectivity index (χ2v) is 8.87. The van der Waals surface area contributed by atoms with Crippen LogP contribution in [0, 0.1) is 13.8 Å². The van der Waals surface area contributed by atoms with E-state index in [9.17, 15) is 8.42 Å². The van der Waals surface area contributed by atoms with E-state index in [0.717, 1.165) is 44.0 Å². The predicted octanol–water partition coefficient (Wildman–Crippen LogP) is 1.91. The van der Waals surface area contributed by atoms with E-state index in [1.54, 1.807) is 35.7 Å². The average Bonchev–Trinajstić information content (AvgIpc) is 2.85. The van der Waals surface area contributed by atoms with Crippen LogP contribution in [0.3, 0.4) is 0 Å². The minimum Gasteiger partial charge on any atom is -0.497 e. The molecule has 27 heavy (non-hydrogen) atoms. The first kappa shape index (κ1) is 19.9. The number of benzene rings is 1. The molecule has 0 atom stereocenters. The standard InChI is InChI=1S/C19H28N4O3S/c1-16-14-17(2)23(20-16)13-11-21-8-5-9-22(12-10-21)27(24,25)19-7-4-6-18(15-19)26-3/h4,6-7,14-15H,5,8-13H2,1-3H3. The largest absolute Gasteiger partial charge is 0.497 e. The molecule has 0 bridgehead atoms. The third-order valence-electron chi connectivity index (χ3n) is 4.96. The maximum Gasteiger partial charge on any atom is 0.243 e. The Balaban J connectivity index is 1.62. The maximum atomic E-state index is 13.0. The Hall–Kier alpha value is -1.90. The molecule has 0 spiro atoms. The first-order chi connectivity index (χ1) is 12.9. The van der Waals surface area contributed by atoms with Crippen molar-refractivity contribution in [3.8, 4) is 5.75 Å². The van der Waals surface area contributed by atoms with Crippen molar-refractivity contribution in [3.05, 3.63) is 41.7 Å². The molecule has 148 valence electrons. The molecule has 0 saturated carbocycles. The minimum atomic E-state index is -3.50. The van der Waals surface area contributed by atoms with Gasteiger partial charge in [0.05, 0.1) is 24.2 Å². The predicted molar refractivity (Wildman–Crippen MR) is 105 cm³/mol. The molecule has 0 unspecified atom stereocenters. The lowest BCUT2D eigenvalue weighted by molar-refractivity contribution is 0.269. The number of aromatic nitrogens is 2. The van der Waals surface area contributed by atoms with E-state index in [1.807, 2.05) is 11.6 Å². The van der Waals surface area contributed by atoms with Crippen molar-refractivity contribution in [2.45, 2.75) is 31.7 Å². The van der Waals surface area contributed by atoms with Gasteiger partial charge in [0.15, 0.2) is 0 Å². The van der Waals surface area contributed by atoms with Gasteiger partial charge in [0, 0.05) is 37.9 Å². The van der Waals surface area contributed by atoms with Gasteiger partial charge in [-0.15, -0.1) is 0 Å². The Bertz CT molecular complexity index is 879. The van der Waals surface area contributed by atoms with Crippen LogP contribution < -0.4 is 4.74 Å². The summed E-state index contributed by atoms with van der Waals surface area (Å²) in [6.07, 6.45) is 0.820. The molecule has 1 aliphatic rings. The van der Waals surface area contributed by atoms with Gasteiger partial charge >= 0.3 is 0 Å². The molecule has 1 aliphatic heterocycles. The van der Waals surface area contributed by atoms with Gasteiger partial charge in [-0.05, 0) is 45.0 Å². The zero-order chi connectivity index (χ0) is 19.4. The second kappa shape index (κ2) is 8.41. The van der Waals surface area contributed by atoms with E-state index >= 15 is 0 Å². The highest BCUT2D eigenvalue weighted by Crippen LogP contribution is 2.22. The summed E-state index contributed by atoms with van der Waals surface area (Å²) in [5.74, 6) is 0.553. The monoisotopic (exact) mass is 392 g/mol. The number of aryl methyl sites for hydroxylation is 2. The summed E-state index contributed by atoms with van der Waals surface area (Å²) in [7, 11) is -1.96. The number of methoxy groups -OCH3 is 1. The zero-order valence-corrected chi connectivity index (χ0v) is 17.1. The Kier molecular flexibility index (Phi) is 6.18. The van der Waals surface area contributed by atoms with Crippen molar-refractivity contribution in [1.29, 1.82) is 0 Å². The molecule has 1 aromatic heterocycles. The van der Waals surface area contributed by atoms with E-state index in [1.165, 1.54) is 0 Å².